The first-order chi connectivity index (χ1) is 5.66. The molecule has 0 atom stereocenters. The molecule has 0 saturated heterocycles. The number of hydrogen-bond donors (Lipinski definition) is 1. The molecule has 0 aromatic carbocycles. The minimum absolute atomic E-state index is 0.515. The third-order valence-electron chi connectivity index (χ3n) is 1.62. The van der Waals surface area contributed by atoms with Crippen LogP contribution in [0.25, 0.3) is 0 Å². The topological polar surface area (TPSA) is 35.2 Å². The van der Waals surface area contributed by atoms with Gasteiger partial charge in [-0.1, -0.05) is 23.3 Å². The lowest BCUT2D eigenvalue weighted by molar-refractivity contribution is 0.167. The standard InChI is InChI=1S/C10H19NO/c1-9(2)5-4-6-10(3)7-8-12-11/h5,7H,4,6,8,11H2,1-3H3/b10-7+. The third-order valence-corrected chi connectivity index (χ3v) is 1.62. The van der Waals surface area contributed by atoms with Crippen LogP contribution < -0.4 is 5.90 Å². The van der Waals surface area contributed by atoms with Gasteiger partial charge in [-0.25, -0.2) is 5.90 Å². The molecule has 0 radical (unpaired) electrons. The minimum atomic E-state index is 0.515. The SMILES string of the molecule is CC(C)=CCC/C(C)=C/CON. The van der Waals surface area contributed by atoms with Crippen LogP contribution in [0.1, 0.15) is 33.6 Å². The summed E-state index contributed by atoms with van der Waals surface area (Å²) in [7, 11) is 0. The van der Waals surface area contributed by atoms with E-state index in [-0.39, 0.29) is 0 Å². The van der Waals surface area contributed by atoms with Crippen LogP contribution in [0, 0.1) is 0 Å². The van der Waals surface area contributed by atoms with Gasteiger partial charge in [0.1, 0.15) is 0 Å². The van der Waals surface area contributed by atoms with Gasteiger partial charge in [0.05, 0.1) is 6.61 Å². The van der Waals surface area contributed by atoms with Crippen molar-refractivity contribution >= 4 is 0 Å². The summed E-state index contributed by atoms with van der Waals surface area (Å²) in [6.45, 7) is 6.84. The molecule has 0 unspecified atom stereocenters. The van der Waals surface area contributed by atoms with Crippen LogP contribution in [0.5, 0.6) is 0 Å². The molecule has 2 nitrogen and oxygen atoms in total. The number of nitrogens with two attached hydrogens (primary N) is 1. The maximum atomic E-state index is 4.90. The van der Waals surface area contributed by atoms with Crippen LogP contribution in [0.15, 0.2) is 23.3 Å². The van der Waals surface area contributed by atoms with Gasteiger partial charge in [0.15, 0.2) is 0 Å². The zero-order valence-corrected chi connectivity index (χ0v) is 8.26. The number of hydrogen-bond acceptors (Lipinski definition) is 2. The maximum absolute atomic E-state index is 4.90. The molecule has 2 heteroatoms. The normalized spacial score (nSPS) is 11.5. The number of allylic oxidation sites excluding steroid dienone is 3. The highest BCUT2D eigenvalue weighted by Crippen LogP contribution is 2.05. The molecule has 12 heavy (non-hydrogen) atoms. The van der Waals surface area contributed by atoms with Crippen molar-refractivity contribution in [1.82, 2.24) is 0 Å². The first kappa shape index (κ1) is 11.4. The second-order valence-electron chi connectivity index (χ2n) is 3.20. The monoisotopic (exact) mass is 169 g/mol. The van der Waals surface area contributed by atoms with E-state index in [0.717, 1.165) is 12.8 Å². The van der Waals surface area contributed by atoms with Crippen molar-refractivity contribution in [2.24, 2.45) is 5.90 Å². The van der Waals surface area contributed by atoms with E-state index in [9.17, 15) is 0 Å². The van der Waals surface area contributed by atoms with E-state index in [4.69, 9.17) is 5.90 Å². The van der Waals surface area contributed by atoms with Crippen LogP contribution >= 0.6 is 0 Å². The van der Waals surface area contributed by atoms with Crippen molar-refractivity contribution in [3.63, 3.8) is 0 Å². The molecule has 0 bridgehead atoms. The highest BCUT2D eigenvalue weighted by atomic mass is 16.6. The van der Waals surface area contributed by atoms with Crippen molar-refractivity contribution in [1.29, 1.82) is 0 Å². The smallest absolute Gasteiger partial charge is 0.0863 e. The van der Waals surface area contributed by atoms with Crippen LogP contribution in [0.4, 0.5) is 0 Å². The van der Waals surface area contributed by atoms with Crippen LogP contribution in [0.2, 0.25) is 0 Å². The summed E-state index contributed by atoms with van der Waals surface area (Å²) in [5.41, 5.74) is 2.70. The molecule has 0 aliphatic carbocycles. The summed E-state index contributed by atoms with van der Waals surface area (Å²) in [6, 6.07) is 0. The Morgan fingerprint density at radius 1 is 1.25 bits per heavy atom. The molecular formula is C10H19NO. The van der Waals surface area contributed by atoms with E-state index in [1.807, 2.05) is 6.08 Å². The molecule has 0 aromatic heterocycles. The molecular weight excluding hydrogens is 150 g/mol. The predicted molar refractivity (Wildman–Crippen MR) is 52.6 cm³/mol. The Morgan fingerprint density at radius 3 is 2.42 bits per heavy atom. The van der Waals surface area contributed by atoms with E-state index < -0.39 is 0 Å². The van der Waals surface area contributed by atoms with Crippen LogP contribution in [0.3, 0.4) is 0 Å². The first-order valence-electron chi connectivity index (χ1n) is 4.27. The molecule has 0 amide bonds. The van der Waals surface area contributed by atoms with Gasteiger partial charge in [-0.05, 0) is 33.6 Å². The molecule has 0 saturated carbocycles. The fourth-order valence-electron chi connectivity index (χ4n) is 0.881. The molecule has 70 valence electrons. The molecule has 0 aliphatic rings. The molecule has 0 fully saturated rings. The third kappa shape index (κ3) is 7.51. The van der Waals surface area contributed by atoms with E-state index >= 15 is 0 Å². The van der Waals surface area contributed by atoms with Gasteiger partial charge in [0.25, 0.3) is 0 Å². The summed E-state index contributed by atoms with van der Waals surface area (Å²) in [6.07, 6.45) is 6.45. The van der Waals surface area contributed by atoms with Crippen molar-refractivity contribution in [2.45, 2.75) is 33.6 Å². The van der Waals surface area contributed by atoms with Crippen molar-refractivity contribution < 1.29 is 4.84 Å². The van der Waals surface area contributed by atoms with E-state index in [2.05, 4.69) is 31.7 Å². The van der Waals surface area contributed by atoms with Gasteiger partial charge in [-0.15, -0.1) is 0 Å². The second kappa shape index (κ2) is 7.07. The molecule has 2 N–H and O–H groups in total. The lowest BCUT2D eigenvalue weighted by Crippen LogP contribution is -1.98. The summed E-state index contributed by atoms with van der Waals surface area (Å²) in [4.78, 5) is 4.45. The lowest BCUT2D eigenvalue weighted by Gasteiger charge is -1.97. The molecule has 0 heterocycles. The average Bonchev–Trinajstić information content (AvgIpc) is 2.00. The van der Waals surface area contributed by atoms with Crippen molar-refractivity contribution in [2.75, 3.05) is 6.61 Å². The minimum Gasteiger partial charge on any atom is -0.300 e. The molecule has 0 aromatic rings. The van der Waals surface area contributed by atoms with Gasteiger partial charge in [-0.2, -0.15) is 0 Å². The lowest BCUT2D eigenvalue weighted by atomic mass is 10.1. The van der Waals surface area contributed by atoms with E-state index in [1.165, 1.54) is 11.1 Å². The quantitative estimate of drug-likeness (QED) is 0.507. The summed E-state index contributed by atoms with van der Waals surface area (Å²) < 4.78 is 0. The number of rotatable bonds is 5. The fraction of sp³-hybridized carbons (Fsp3) is 0.600. The van der Waals surface area contributed by atoms with E-state index in [0.29, 0.717) is 6.61 Å². The van der Waals surface area contributed by atoms with Crippen LogP contribution in [-0.4, -0.2) is 6.61 Å². The Bertz CT molecular complexity index is 167. The Hall–Kier alpha value is -0.600. The first-order valence-corrected chi connectivity index (χ1v) is 4.27. The maximum Gasteiger partial charge on any atom is 0.0863 e. The summed E-state index contributed by atoms with van der Waals surface area (Å²) in [5.74, 6) is 4.90. The Balaban J connectivity index is 3.56. The Kier molecular flexibility index (Phi) is 6.72. The molecule has 0 rings (SSSR count). The Morgan fingerprint density at radius 2 is 1.92 bits per heavy atom. The van der Waals surface area contributed by atoms with Gasteiger partial charge in [0.2, 0.25) is 0 Å². The summed E-state index contributed by atoms with van der Waals surface area (Å²) in [5, 5.41) is 0. The Labute approximate surface area is 75.1 Å². The summed E-state index contributed by atoms with van der Waals surface area (Å²) >= 11 is 0. The van der Waals surface area contributed by atoms with Gasteiger partial charge >= 0.3 is 0 Å². The second-order valence-corrected chi connectivity index (χ2v) is 3.20. The zero-order chi connectivity index (χ0) is 9.40. The predicted octanol–water partition coefficient (Wildman–Crippen LogP) is 2.57. The van der Waals surface area contributed by atoms with Crippen LogP contribution in [-0.2, 0) is 4.84 Å². The largest absolute Gasteiger partial charge is 0.300 e. The van der Waals surface area contributed by atoms with Gasteiger partial charge in [0, 0.05) is 0 Å². The highest BCUT2D eigenvalue weighted by Gasteiger charge is 1.87. The molecule has 0 aliphatic heterocycles. The molecule has 0 spiro atoms. The van der Waals surface area contributed by atoms with E-state index in [1.54, 1.807) is 0 Å². The van der Waals surface area contributed by atoms with Crippen molar-refractivity contribution in [3.05, 3.63) is 23.3 Å². The van der Waals surface area contributed by atoms with Gasteiger partial charge in [-0.3, -0.25) is 0 Å². The van der Waals surface area contributed by atoms with Crippen molar-refractivity contribution in [3.8, 4) is 0 Å². The highest BCUT2D eigenvalue weighted by molar-refractivity contribution is 5.02. The van der Waals surface area contributed by atoms with Gasteiger partial charge < -0.3 is 4.84 Å². The zero-order valence-electron chi connectivity index (χ0n) is 8.26. The fourth-order valence-corrected chi connectivity index (χ4v) is 0.881. The average molecular weight is 169 g/mol.